The molecule has 0 fully saturated rings. The van der Waals surface area contributed by atoms with Gasteiger partial charge in [-0.15, -0.1) is 0 Å². The van der Waals surface area contributed by atoms with E-state index in [2.05, 4.69) is 40.3 Å². The minimum Gasteiger partial charge on any atom is -0.313 e. The summed E-state index contributed by atoms with van der Waals surface area (Å²) < 4.78 is 23.7. The van der Waals surface area contributed by atoms with E-state index in [9.17, 15) is 8.42 Å². The molecule has 0 bridgehead atoms. The van der Waals surface area contributed by atoms with Gasteiger partial charge in [0.25, 0.3) is 0 Å². The summed E-state index contributed by atoms with van der Waals surface area (Å²) in [6.45, 7) is 4.27. The Morgan fingerprint density at radius 1 is 1.28 bits per heavy atom. The number of rotatable bonds is 7. The Labute approximate surface area is 118 Å². The summed E-state index contributed by atoms with van der Waals surface area (Å²) in [5, 5.41) is 3.25. The van der Waals surface area contributed by atoms with Crippen molar-refractivity contribution in [1.82, 2.24) is 5.32 Å². The predicted octanol–water partition coefficient (Wildman–Crippen LogP) is 2.40. The molecule has 0 aromatic heterocycles. The number of hydrogen-bond donors (Lipinski definition) is 1. The number of nitrogens with one attached hydrogen (secondary N) is 1. The normalized spacial score (nSPS) is 13.5. The van der Waals surface area contributed by atoms with Crippen LogP contribution in [0.4, 0.5) is 0 Å². The van der Waals surface area contributed by atoms with Gasteiger partial charge in [0.15, 0.2) is 9.84 Å². The van der Waals surface area contributed by atoms with Gasteiger partial charge in [-0.3, -0.25) is 0 Å². The zero-order valence-corrected chi connectivity index (χ0v) is 13.2. The highest BCUT2D eigenvalue weighted by atomic mass is 79.9. The lowest BCUT2D eigenvalue weighted by Gasteiger charge is -2.13. The van der Waals surface area contributed by atoms with Crippen molar-refractivity contribution in [2.24, 2.45) is 0 Å². The van der Waals surface area contributed by atoms with E-state index in [1.165, 1.54) is 5.56 Å². The molecule has 0 aliphatic rings. The van der Waals surface area contributed by atoms with Gasteiger partial charge in [0.2, 0.25) is 0 Å². The maximum atomic E-state index is 11.3. The van der Waals surface area contributed by atoms with E-state index in [0.29, 0.717) is 6.54 Å². The first kappa shape index (κ1) is 15.7. The smallest absolute Gasteiger partial charge is 0.151 e. The summed E-state index contributed by atoms with van der Waals surface area (Å²) in [4.78, 5) is 0. The largest absolute Gasteiger partial charge is 0.313 e. The molecule has 18 heavy (non-hydrogen) atoms. The van der Waals surface area contributed by atoms with Gasteiger partial charge in [-0.1, -0.05) is 35.0 Å². The van der Waals surface area contributed by atoms with Crippen LogP contribution in [0.25, 0.3) is 0 Å². The van der Waals surface area contributed by atoms with Crippen molar-refractivity contribution in [2.75, 3.05) is 18.1 Å². The van der Waals surface area contributed by atoms with Gasteiger partial charge in [-0.2, -0.15) is 0 Å². The van der Waals surface area contributed by atoms with E-state index < -0.39 is 9.84 Å². The van der Waals surface area contributed by atoms with Crippen molar-refractivity contribution >= 4 is 25.8 Å². The maximum absolute atomic E-state index is 11.3. The van der Waals surface area contributed by atoms with Crippen LogP contribution in [0.1, 0.15) is 19.4 Å². The Balaban J connectivity index is 2.34. The van der Waals surface area contributed by atoms with Crippen molar-refractivity contribution in [3.63, 3.8) is 0 Å². The minimum absolute atomic E-state index is 0.216. The third-order valence-corrected chi connectivity index (χ3v) is 5.04. The average Bonchev–Trinajstić information content (AvgIpc) is 2.32. The van der Waals surface area contributed by atoms with Crippen molar-refractivity contribution in [3.05, 3.63) is 34.3 Å². The lowest BCUT2D eigenvalue weighted by Crippen LogP contribution is -2.32. The number of sulfone groups is 1. The van der Waals surface area contributed by atoms with Gasteiger partial charge < -0.3 is 5.32 Å². The second-order valence-corrected chi connectivity index (χ2v) is 7.81. The van der Waals surface area contributed by atoms with Crippen molar-refractivity contribution in [1.29, 1.82) is 0 Å². The highest BCUT2D eigenvalue weighted by molar-refractivity contribution is 9.10. The molecule has 0 saturated carbocycles. The van der Waals surface area contributed by atoms with Crippen LogP contribution in [0, 0.1) is 0 Å². The van der Waals surface area contributed by atoms with Crippen LogP contribution in [-0.2, 0) is 16.3 Å². The molecular weight excluding hydrogens is 314 g/mol. The molecule has 1 aromatic rings. The summed E-state index contributed by atoms with van der Waals surface area (Å²) in [5.74, 6) is 0.434. The van der Waals surface area contributed by atoms with Crippen LogP contribution in [0.15, 0.2) is 28.7 Å². The minimum atomic E-state index is -2.86. The zero-order chi connectivity index (χ0) is 13.6. The number of benzene rings is 1. The summed E-state index contributed by atoms with van der Waals surface area (Å²) in [7, 11) is -2.86. The highest BCUT2D eigenvalue weighted by Crippen LogP contribution is 2.11. The fourth-order valence-corrected chi connectivity index (χ4v) is 2.63. The number of hydrogen-bond acceptors (Lipinski definition) is 3. The topological polar surface area (TPSA) is 46.2 Å². The van der Waals surface area contributed by atoms with Gasteiger partial charge in [-0.05, 0) is 31.0 Å². The molecule has 102 valence electrons. The molecule has 0 saturated heterocycles. The van der Waals surface area contributed by atoms with Crippen molar-refractivity contribution in [3.8, 4) is 0 Å². The quantitative estimate of drug-likeness (QED) is 0.833. The van der Waals surface area contributed by atoms with Crippen LogP contribution in [-0.4, -0.2) is 32.5 Å². The van der Waals surface area contributed by atoms with Crippen LogP contribution in [0.2, 0.25) is 0 Å². The molecule has 1 N–H and O–H groups in total. The molecule has 0 radical (unpaired) electrons. The monoisotopic (exact) mass is 333 g/mol. The van der Waals surface area contributed by atoms with E-state index in [-0.39, 0.29) is 17.5 Å². The molecule has 0 spiro atoms. The molecule has 5 heteroatoms. The van der Waals surface area contributed by atoms with Crippen LogP contribution >= 0.6 is 15.9 Å². The molecule has 1 aromatic carbocycles. The third kappa shape index (κ3) is 5.98. The second-order valence-electron chi connectivity index (χ2n) is 4.42. The summed E-state index contributed by atoms with van der Waals surface area (Å²) in [6, 6.07) is 8.46. The van der Waals surface area contributed by atoms with Crippen molar-refractivity contribution in [2.45, 2.75) is 26.3 Å². The van der Waals surface area contributed by atoms with E-state index in [0.717, 1.165) is 10.9 Å². The highest BCUT2D eigenvalue weighted by Gasteiger charge is 2.08. The predicted molar refractivity (Wildman–Crippen MR) is 79.6 cm³/mol. The van der Waals surface area contributed by atoms with E-state index in [1.54, 1.807) is 6.92 Å². The van der Waals surface area contributed by atoms with Crippen molar-refractivity contribution < 1.29 is 8.42 Å². The lowest BCUT2D eigenvalue weighted by atomic mass is 10.1. The third-order valence-electron chi connectivity index (χ3n) is 2.80. The molecule has 0 heterocycles. The molecule has 0 aliphatic heterocycles. The fraction of sp³-hybridized carbons (Fsp3) is 0.538. The van der Waals surface area contributed by atoms with Crippen LogP contribution < -0.4 is 5.32 Å². The Hall–Kier alpha value is -0.390. The van der Waals surface area contributed by atoms with E-state index in [4.69, 9.17) is 0 Å². The molecule has 1 atom stereocenters. The first-order chi connectivity index (χ1) is 8.43. The Morgan fingerprint density at radius 2 is 1.89 bits per heavy atom. The molecule has 3 nitrogen and oxygen atoms in total. The Bertz CT molecular complexity index is 456. The maximum Gasteiger partial charge on any atom is 0.151 e. The van der Waals surface area contributed by atoms with Gasteiger partial charge in [0.1, 0.15) is 0 Å². The fourth-order valence-electron chi connectivity index (χ4n) is 1.65. The molecule has 0 aliphatic carbocycles. The second kappa shape index (κ2) is 7.26. The van der Waals surface area contributed by atoms with Gasteiger partial charge >= 0.3 is 0 Å². The molecule has 0 amide bonds. The summed E-state index contributed by atoms with van der Waals surface area (Å²) in [5.41, 5.74) is 1.25. The standard InChI is InChI=1S/C13H20BrNO2S/c1-3-18(16,17)9-8-15-11(2)10-12-4-6-13(14)7-5-12/h4-7,11,15H,3,8-10H2,1-2H3. The SMILES string of the molecule is CCS(=O)(=O)CCNC(C)Cc1ccc(Br)cc1. The van der Waals surface area contributed by atoms with Gasteiger partial charge in [0.05, 0.1) is 5.75 Å². The van der Waals surface area contributed by atoms with Crippen LogP contribution in [0.5, 0.6) is 0 Å². The zero-order valence-electron chi connectivity index (χ0n) is 10.8. The Morgan fingerprint density at radius 3 is 2.44 bits per heavy atom. The van der Waals surface area contributed by atoms with E-state index in [1.807, 2.05) is 12.1 Å². The summed E-state index contributed by atoms with van der Waals surface area (Å²) in [6.07, 6.45) is 0.902. The first-order valence-electron chi connectivity index (χ1n) is 6.11. The van der Waals surface area contributed by atoms with Crippen LogP contribution in [0.3, 0.4) is 0 Å². The lowest BCUT2D eigenvalue weighted by molar-refractivity contribution is 0.554. The molecule has 1 unspecified atom stereocenters. The number of halogens is 1. The van der Waals surface area contributed by atoms with Gasteiger partial charge in [0, 0.05) is 22.8 Å². The first-order valence-corrected chi connectivity index (χ1v) is 8.72. The summed E-state index contributed by atoms with van der Waals surface area (Å²) >= 11 is 3.40. The Kier molecular flexibility index (Phi) is 6.32. The average molecular weight is 334 g/mol. The molecule has 1 rings (SSSR count). The molecular formula is C13H20BrNO2S. The van der Waals surface area contributed by atoms with Gasteiger partial charge in [-0.25, -0.2) is 8.42 Å². The van der Waals surface area contributed by atoms with E-state index >= 15 is 0 Å².